The van der Waals surface area contributed by atoms with Gasteiger partial charge in [-0.3, -0.25) is 0 Å². The van der Waals surface area contributed by atoms with Crippen LogP contribution in [0.1, 0.15) is 114 Å². The largest absolute Gasteiger partial charge is 0.207 e. The molecule has 0 aliphatic heterocycles. The fraction of sp³-hybridized carbons (Fsp3) is 0.778. The molecule has 0 saturated heterocycles. The topological polar surface area (TPSA) is 0 Å². The van der Waals surface area contributed by atoms with E-state index in [-0.39, 0.29) is 5.82 Å². The molecule has 3 aliphatic rings. The normalized spacial score (nSPS) is 32.6. The number of rotatable bonds is 6. The Morgan fingerprint density at radius 3 is 2.61 bits per heavy atom. The van der Waals surface area contributed by atoms with Crippen molar-refractivity contribution in [1.29, 1.82) is 0 Å². The number of hydrogen-bond donors (Lipinski definition) is 0. The summed E-state index contributed by atoms with van der Waals surface area (Å²) < 4.78 is 15.1. The molecule has 0 bridgehead atoms. The van der Waals surface area contributed by atoms with E-state index in [1.807, 2.05) is 6.07 Å². The zero-order valence-corrected chi connectivity index (χ0v) is 18.3. The standard InChI is InChI=1S/C27H41F/c1-3-4-5-6-7-20-9-11-24-17-25(18-27(28)26(24)15-20)23-13-12-21-14-19(2)8-10-22(21)16-23/h17-23H,3-16H2,1-2H3. The van der Waals surface area contributed by atoms with E-state index in [9.17, 15) is 0 Å². The van der Waals surface area contributed by atoms with Crippen LogP contribution in [0.4, 0.5) is 4.39 Å². The van der Waals surface area contributed by atoms with Gasteiger partial charge in [-0.15, -0.1) is 0 Å². The van der Waals surface area contributed by atoms with Gasteiger partial charge in [-0.05, 0) is 104 Å². The van der Waals surface area contributed by atoms with Gasteiger partial charge in [-0.1, -0.05) is 58.4 Å². The van der Waals surface area contributed by atoms with Gasteiger partial charge in [-0.25, -0.2) is 4.39 Å². The van der Waals surface area contributed by atoms with E-state index in [0.717, 1.165) is 36.2 Å². The summed E-state index contributed by atoms with van der Waals surface area (Å²) in [5.41, 5.74) is 3.74. The highest BCUT2D eigenvalue weighted by Gasteiger charge is 2.35. The van der Waals surface area contributed by atoms with Crippen molar-refractivity contribution in [2.45, 2.75) is 110 Å². The molecule has 28 heavy (non-hydrogen) atoms. The third-order valence-electron chi connectivity index (χ3n) is 8.44. The van der Waals surface area contributed by atoms with Gasteiger partial charge in [0.05, 0.1) is 0 Å². The lowest BCUT2D eigenvalue weighted by molar-refractivity contribution is 0.124. The first-order valence-corrected chi connectivity index (χ1v) is 12.4. The highest BCUT2D eigenvalue weighted by Crippen LogP contribution is 2.48. The molecule has 0 aromatic heterocycles. The predicted molar refractivity (Wildman–Crippen MR) is 117 cm³/mol. The Morgan fingerprint density at radius 1 is 0.929 bits per heavy atom. The van der Waals surface area contributed by atoms with Gasteiger partial charge in [0.1, 0.15) is 5.82 Å². The van der Waals surface area contributed by atoms with E-state index in [1.165, 1.54) is 88.2 Å². The quantitative estimate of drug-likeness (QED) is 0.433. The number of benzene rings is 1. The zero-order valence-electron chi connectivity index (χ0n) is 18.3. The summed E-state index contributed by atoms with van der Waals surface area (Å²) in [4.78, 5) is 0. The van der Waals surface area contributed by atoms with Gasteiger partial charge in [0.25, 0.3) is 0 Å². The van der Waals surface area contributed by atoms with E-state index in [0.29, 0.717) is 11.8 Å². The third-order valence-corrected chi connectivity index (χ3v) is 8.44. The van der Waals surface area contributed by atoms with Crippen molar-refractivity contribution in [3.8, 4) is 0 Å². The maximum atomic E-state index is 15.1. The Labute approximate surface area is 172 Å². The molecule has 1 heteroatoms. The molecule has 0 spiro atoms. The highest BCUT2D eigenvalue weighted by molar-refractivity contribution is 5.37. The van der Waals surface area contributed by atoms with Crippen molar-refractivity contribution in [2.24, 2.45) is 23.7 Å². The van der Waals surface area contributed by atoms with Crippen LogP contribution in [0.5, 0.6) is 0 Å². The van der Waals surface area contributed by atoms with Crippen LogP contribution in [-0.4, -0.2) is 0 Å². The monoisotopic (exact) mass is 384 g/mol. The van der Waals surface area contributed by atoms with Crippen LogP contribution in [0, 0.1) is 29.5 Å². The summed E-state index contributed by atoms with van der Waals surface area (Å²) in [5, 5.41) is 0. The van der Waals surface area contributed by atoms with E-state index in [2.05, 4.69) is 19.9 Å². The molecule has 5 atom stereocenters. The molecule has 0 N–H and O–H groups in total. The molecule has 156 valence electrons. The van der Waals surface area contributed by atoms with Crippen LogP contribution in [0.2, 0.25) is 0 Å². The number of halogens is 1. The summed E-state index contributed by atoms with van der Waals surface area (Å²) >= 11 is 0. The fourth-order valence-corrected chi connectivity index (χ4v) is 6.69. The lowest BCUT2D eigenvalue weighted by Gasteiger charge is -2.42. The van der Waals surface area contributed by atoms with Crippen LogP contribution in [0.3, 0.4) is 0 Å². The molecule has 4 rings (SSSR count). The van der Waals surface area contributed by atoms with Gasteiger partial charge >= 0.3 is 0 Å². The number of aryl methyl sites for hydroxylation is 1. The average Bonchev–Trinajstić information content (AvgIpc) is 2.71. The molecular formula is C27H41F. The number of fused-ring (bicyclic) bond motifs is 2. The second-order valence-electron chi connectivity index (χ2n) is 10.5. The number of unbranched alkanes of at least 4 members (excludes halogenated alkanes) is 3. The van der Waals surface area contributed by atoms with Gasteiger partial charge in [0, 0.05) is 0 Å². The first-order valence-electron chi connectivity index (χ1n) is 12.4. The van der Waals surface area contributed by atoms with Crippen molar-refractivity contribution in [3.63, 3.8) is 0 Å². The van der Waals surface area contributed by atoms with Crippen LogP contribution >= 0.6 is 0 Å². The lowest BCUT2D eigenvalue weighted by Crippen LogP contribution is -2.29. The fourth-order valence-electron chi connectivity index (χ4n) is 6.69. The second kappa shape index (κ2) is 9.31. The minimum Gasteiger partial charge on any atom is -0.207 e. The molecule has 0 radical (unpaired) electrons. The summed E-state index contributed by atoms with van der Waals surface area (Å²) in [7, 11) is 0. The van der Waals surface area contributed by atoms with E-state index in [1.54, 1.807) is 0 Å². The molecule has 1 aromatic rings. The summed E-state index contributed by atoms with van der Waals surface area (Å²) in [6.07, 6.45) is 18.2. The minimum atomic E-state index is 0.116. The van der Waals surface area contributed by atoms with Gasteiger partial charge in [0.2, 0.25) is 0 Å². The van der Waals surface area contributed by atoms with Crippen molar-refractivity contribution >= 4 is 0 Å². The Hall–Kier alpha value is -0.850. The molecule has 2 fully saturated rings. The van der Waals surface area contributed by atoms with Crippen molar-refractivity contribution in [2.75, 3.05) is 0 Å². The molecule has 2 saturated carbocycles. The van der Waals surface area contributed by atoms with E-state index < -0.39 is 0 Å². The summed E-state index contributed by atoms with van der Waals surface area (Å²) in [6.45, 7) is 4.70. The molecule has 0 nitrogen and oxygen atoms in total. The molecule has 0 amide bonds. The molecule has 0 heterocycles. The highest BCUT2D eigenvalue weighted by atomic mass is 19.1. The van der Waals surface area contributed by atoms with Gasteiger partial charge in [0.15, 0.2) is 0 Å². The lowest BCUT2D eigenvalue weighted by atomic mass is 9.64. The van der Waals surface area contributed by atoms with Crippen LogP contribution in [0.25, 0.3) is 0 Å². The molecule has 1 aromatic carbocycles. The Balaban J connectivity index is 1.39. The first-order chi connectivity index (χ1) is 13.6. The average molecular weight is 385 g/mol. The van der Waals surface area contributed by atoms with E-state index in [4.69, 9.17) is 0 Å². The minimum absolute atomic E-state index is 0.116. The predicted octanol–water partition coefficient (Wildman–Crippen LogP) is 8.22. The van der Waals surface area contributed by atoms with Crippen LogP contribution < -0.4 is 0 Å². The Kier molecular flexibility index (Phi) is 6.79. The summed E-state index contributed by atoms with van der Waals surface area (Å²) in [5.74, 6) is 4.22. The van der Waals surface area contributed by atoms with E-state index >= 15 is 4.39 Å². The van der Waals surface area contributed by atoms with Crippen molar-refractivity contribution in [1.82, 2.24) is 0 Å². The maximum absolute atomic E-state index is 15.1. The van der Waals surface area contributed by atoms with Crippen molar-refractivity contribution < 1.29 is 4.39 Å². The molecule has 5 unspecified atom stereocenters. The van der Waals surface area contributed by atoms with Crippen LogP contribution in [0.15, 0.2) is 12.1 Å². The zero-order chi connectivity index (χ0) is 19.5. The van der Waals surface area contributed by atoms with Gasteiger partial charge in [-0.2, -0.15) is 0 Å². The SMILES string of the molecule is CCCCCCC1CCc2cc(C3CCC4CC(C)CCC4C3)cc(F)c2C1. The Morgan fingerprint density at radius 2 is 1.75 bits per heavy atom. The van der Waals surface area contributed by atoms with Crippen LogP contribution in [-0.2, 0) is 12.8 Å². The number of hydrogen-bond acceptors (Lipinski definition) is 0. The summed E-state index contributed by atoms with van der Waals surface area (Å²) in [6, 6.07) is 4.36. The first kappa shape index (κ1) is 20.4. The van der Waals surface area contributed by atoms with Gasteiger partial charge < -0.3 is 0 Å². The molecular weight excluding hydrogens is 343 g/mol. The smallest absolute Gasteiger partial charge is 0.126 e. The Bertz CT molecular complexity index is 648. The third kappa shape index (κ3) is 4.65. The maximum Gasteiger partial charge on any atom is 0.126 e. The van der Waals surface area contributed by atoms with Crippen molar-refractivity contribution in [3.05, 3.63) is 34.6 Å². The molecule has 3 aliphatic carbocycles. The second-order valence-corrected chi connectivity index (χ2v) is 10.5.